The Bertz CT molecular complexity index is 807. The van der Waals surface area contributed by atoms with E-state index < -0.39 is 0 Å². The van der Waals surface area contributed by atoms with Crippen molar-refractivity contribution >= 4 is 5.91 Å². The monoisotopic (exact) mass is 399 g/mol. The van der Waals surface area contributed by atoms with Gasteiger partial charge in [0.15, 0.2) is 0 Å². The number of hydrogen-bond acceptors (Lipinski definition) is 4. The van der Waals surface area contributed by atoms with Gasteiger partial charge in [0.05, 0.1) is 19.7 Å². The predicted molar refractivity (Wildman–Crippen MR) is 112 cm³/mol. The molecule has 0 aromatic heterocycles. The van der Waals surface area contributed by atoms with Gasteiger partial charge in [0.2, 0.25) is 5.91 Å². The molecule has 0 bridgehead atoms. The summed E-state index contributed by atoms with van der Waals surface area (Å²) in [7, 11) is 3.47. The van der Waals surface area contributed by atoms with Crippen molar-refractivity contribution < 1.29 is 13.9 Å². The van der Waals surface area contributed by atoms with E-state index in [0.29, 0.717) is 18.8 Å². The van der Waals surface area contributed by atoms with Crippen molar-refractivity contribution in [2.24, 2.45) is 0 Å². The van der Waals surface area contributed by atoms with Gasteiger partial charge in [-0.2, -0.15) is 0 Å². The third-order valence-electron chi connectivity index (χ3n) is 5.72. The maximum atomic E-state index is 13.6. The number of ether oxygens (including phenoxy) is 1. The summed E-state index contributed by atoms with van der Waals surface area (Å²) >= 11 is 0. The molecule has 0 saturated carbocycles. The highest BCUT2D eigenvalue weighted by Crippen LogP contribution is 2.22. The standard InChI is InChI=1S/C23H30FN3O2/c1-18(19-7-5-4-6-8-19)25(2)23(28)17-27-13-11-26(12-14-27)16-20-15-21(24)9-10-22(20)29-3/h4-10,15,18H,11-14,16-17H2,1-3H3/t18-/m0/s1. The number of carbonyl (C=O) groups is 1. The molecule has 0 radical (unpaired) electrons. The molecule has 1 amide bonds. The van der Waals surface area contributed by atoms with Crippen molar-refractivity contribution in [2.75, 3.05) is 46.9 Å². The van der Waals surface area contributed by atoms with E-state index in [0.717, 1.165) is 37.3 Å². The molecular weight excluding hydrogens is 369 g/mol. The summed E-state index contributed by atoms with van der Waals surface area (Å²) in [6, 6.07) is 14.7. The van der Waals surface area contributed by atoms with Crippen LogP contribution in [-0.2, 0) is 11.3 Å². The number of halogens is 1. The second kappa shape index (κ2) is 9.85. The maximum absolute atomic E-state index is 13.6. The fraction of sp³-hybridized carbons (Fsp3) is 0.435. The first kappa shape index (κ1) is 21.3. The molecule has 0 unspecified atom stereocenters. The van der Waals surface area contributed by atoms with E-state index in [9.17, 15) is 9.18 Å². The predicted octanol–water partition coefficient (Wildman–Crippen LogP) is 3.17. The third kappa shape index (κ3) is 5.55. The number of piperazine rings is 1. The molecule has 1 aliphatic heterocycles. The molecule has 0 spiro atoms. The van der Waals surface area contributed by atoms with Gasteiger partial charge in [0, 0.05) is 45.3 Å². The lowest BCUT2D eigenvalue weighted by Crippen LogP contribution is -2.49. The Labute approximate surface area is 172 Å². The molecule has 0 aliphatic carbocycles. The number of methoxy groups -OCH3 is 1. The maximum Gasteiger partial charge on any atom is 0.236 e. The van der Waals surface area contributed by atoms with Crippen LogP contribution in [0.5, 0.6) is 5.75 Å². The topological polar surface area (TPSA) is 36.0 Å². The van der Waals surface area contributed by atoms with Crippen molar-refractivity contribution in [2.45, 2.75) is 19.5 Å². The van der Waals surface area contributed by atoms with Crippen LogP contribution < -0.4 is 4.74 Å². The highest BCUT2D eigenvalue weighted by atomic mass is 19.1. The van der Waals surface area contributed by atoms with E-state index in [4.69, 9.17) is 4.74 Å². The molecule has 2 aromatic carbocycles. The summed E-state index contributed by atoms with van der Waals surface area (Å²) in [5, 5.41) is 0. The van der Waals surface area contributed by atoms with E-state index in [-0.39, 0.29) is 17.8 Å². The van der Waals surface area contributed by atoms with Gasteiger partial charge >= 0.3 is 0 Å². The highest BCUT2D eigenvalue weighted by Gasteiger charge is 2.23. The lowest BCUT2D eigenvalue weighted by molar-refractivity contribution is -0.133. The van der Waals surface area contributed by atoms with Crippen LogP contribution in [0.3, 0.4) is 0 Å². The fourth-order valence-corrected chi connectivity index (χ4v) is 3.69. The van der Waals surface area contributed by atoms with Crippen molar-refractivity contribution in [1.82, 2.24) is 14.7 Å². The van der Waals surface area contributed by atoms with Crippen molar-refractivity contribution in [3.8, 4) is 5.75 Å². The summed E-state index contributed by atoms with van der Waals surface area (Å²) < 4.78 is 18.9. The van der Waals surface area contributed by atoms with E-state index in [2.05, 4.69) is 16.7 Å². The van der Waals surface area contributed by atoms with Gasteiger partial charge in [-0.3, -0.25) is 14.6 Å². The first-order valence-electron chi connectivity index (χ1n) is 10.1. The fourth-order valence-electron chi connectivity index (χ4n) is 3.69. The van der Waals surface area contributed by atoms with Crippen LogP contribution >= 0.6 is 0 Å². The van der Waals surface area contributed by atoms with Crippen LogP contribution in [0.15, 0.2) is 48.5 Å². The van der Waals surface area contributed by atoms with Crippen molar-refractivity contribution in [1.29, 1.82) is 0 Å². The molecule has 6 heteroatoms. The summed E-state index contributed by atoms with van der Waals surface area (Å²) in [4.78, 5) is 19.0. The summed E-state index contributed by atoms with van der Waals surface area (Å²) in [6.45, 7) is 6.43. The SMILES string of the molecule is COc1ccc(F)cc1CN1CCN(CC(=O)N(C)[C@@H](C)c2ccccc2)CC1. The van der Waals surface area contributed by atoms with Crippen LogP contribution in [0.4, 0.5) is 4.39 Å². The Morgan fingerprint density at radius 2 is 1.76 bits per heavy atom. The average molecular weight is 400 g/mol. The van der Waals surface area contributed by atoms with Gasteiger partial charge in [0.1, 0.15) is 11.6 Å². The zero-order valence-electron chi connectivity index (χ0n) is 17.5. The highest BCUT2D eigenvalue weighted by molar-refractivity contribution is 5.78. The Kier molecular flexibility index (Phi) is 7.23. The number of hydrogen-bond donors (Lipinski definition) is 0. The molecule has 1 atom stereocenters. The van der Waals surface area contributed by atoms with Gasteiger partial charge < -0.3 is 9.64 Å². The summed E-state index contributed by atoms with van der Waals surface area (Å²) in [5.41, 5.74) is 1.99. The summed E-state index contributed by atoms with van der Waals surface area (Å²) in [6.07, 6.45) is 0. The second-order valence-corrected chi connectivity index (χ2v) is 7.60. The Balaban J connectivity index is 1.49. The summed E-state index contributed by atoms with van der Waals surface area (Å²) in [5.74, 6) is 0.586. The Morgan fingerprint density at radius 1 is 1.10 bits per heavy atom. The van der Waals surface area contributed by atoms with Crippen molar-refractivity contribution in [3.63, 3.8) is 0 Å². The van der Waals surface area contributed by atoms with Gasteiger partial charge in [-0.15, -0.1) is 0 Å². The molecular formula is C23H30FN3O2. The molecule has 156 valence electrons. The Morgan fingerprint density at radius 3 is 2.41 bits per heavy atom. The van der Waals surface area contributed by atoms with Gasteiger partial charge in [-0.25, -0.2) is 4.39 Å². The van der Waals surface area contributed by atoms with E-state index >= 15 is 0 Å². The van der Waals surface area contributed by atoms with Crippen LogP contribution in [-0.4, -0.2) is 67.5 Å². The lowest BCUT2D eigenvalue weighted by atomic mass is 10.1. The van der Waals surface area contributed by atoms with E-state index in [1.54, 1.807) is 13.2 Å². The molecule has 1 heterocycles. The molecule has 1 fully saturated rings. The van der Waals surface area contributed by atoms with Gasteiger partial charge in [-0.1, -0.05) is 30.3 Å². The largest absolute Gasteiger partial charge is 0.496 e. The molecule has 29 heavy (non-hydrogen) atoms. The lowest BCUT2D eigenvalue weighted by Gasteiger charge is -2.36. The minimum absolute atomic E-state index is 0.0467. The number of benzene rings is 2. The third-order valence-corrected chi connectivity index (χ3v) is 5.72. The van der Waals surface area contributed by atoms with E-state index in [1.807, 2.05) is 42.3 Å². The normalized spacial score (nSPS) is 16.4. The first-order valence-corrected chi connectivity index (χ1v) is 10.1. The minimum Gasteiger partial charge on any atom is -0.496 e. The Hall–Kier alpha value is -2.44. The van der Waals surface area contributed by atoms with Crippen LogP contribution in [0, 0.1) is 5.82 Å². The van der Waals surface area contributed by atoms with Gasteiger partial charge in [0.25, 0.3) is 0 Å². The number of carbonyl (C=O) groups excluding carboxylic acids is 1. The minimum atomic E-state index is -0.249. The first-order chi connectivity index (χ1) is 14.0. The number of likely N-dealkylation sites (N-methyl/N-ethyl adjacent to an activating group) is 1. The van der Waals surface area contributed by atoms with Crippen LogP contribution in [0.2, 0.25) is 0 Å². The van der Waals surface area contributed by atoms with Crippen molar-refractivity contribution in [3.05, 3.63) is 65.5 Å². The molecule has 3 rings (SSSR count). The molecule has 1 saturated heterocycles. The van der Waals surface area contributed by atoms with Crippen LogP contribution in [0.1, 0.15) is 24.1 Å². The molecule has 1 aliphatic rings. The quantitative estimate of drug-likeness (QED) is 0.717. The molecule has 2 aromatic rings. The molecule has 5 nitrogen and oxygen atoms in total. The number of rotatable bonds is 7. The van der Waals surface area contributed by atoms with Crippen LogP contribution in [0.25, 0.3) is 0 Å². The van der Waals surface area contributed by atoms with Gasteiger partial charge in [-0.05, 0) is 30.7 Å². The number of nitrogens with zero attached hydrogens (tertiary/aromatic N) is 3. The second-order valence-electron chi connectivity index (χ2n) is 7.60. The average Bonchev–Trinajstić information content (AvgIpc) is 2.75. The molecule has 0 N–H and O–H groups in total. The zero-order valence-corrected chi connectivity index (χ0v) is 17.5. The number of amides is 1. The smallest absolute Gasteiger partial charge is 0.236 e. The van der Waals surface area contributed by atoms with E-state index in [1.165, 1.54) is 12.1 Å². The zero-order chi connectivity index (χ0) is 20.8.